The Balaban J connectivity index is 1.87. The van der Waals surface area contributed by atoms with E-state index in [1.165, 1.54) is 6.21 Å². The molecule has 120 valence electrons. The molecular weight excluding hydrogens is 445 g/mol. The van der Waals surface area contributed by atoms with E-state index in [0.717, 1.165) is 25.8 Å². The lowest BCUT2D eigenvalue weighted by atomic mass is 10.2. The minimum absolute atomic E-state index is 0.113. The molecule has 0 aromatic heterocycles. The van der Waals surface area contributed by atoms with Crippen LogP contribution >= 0.6 is 43.5 Å². The zero-order valence-corrected chi connectivity index (χ0v) is 16.2. The van der Waals surface area contributed by atoms with E-state index in [9.17, 15) is 4.79 Å². The molecule has 2 rings (SSSR count). The molecule has 4 nitrogen and oxygen atoms in total. The van der Waals surface area contributed by atoms with E-state index in [4.69, 9.17) is 11.6 Å². The van der Waals surface area contributed by atoms with Gasteiger partial charge in [-0.05, 0) is 30.7 Å². The first-order chi connectivity index (χ1) is 11.0. The smallest absolute Gasteiger partial charge is 0.259 e. The summed E-state index contributed by atoms with van der Waals surface area (Å²) in [5.41, 5.74) is 5.13. The zero-order valence-electron chi connectivity index (χ0n) is 12.2. The fourth-order valence-corrected chi connectivity index (χ4v) is 3.09. The molecule has 0 saturated heterocycles. The maximum atomic E-state index is 11.8. The fraction of sp³-hybridized carbons (Fsp3) is 0.125. The SMILES string of the molecule is Cc1c(Br)cc(NCC(=O)N/N=C/c2ccccc2Cl)cc1Br. The molecule has 0 atom stereocenters. The van der Waals surface area contributed by atoms with Crippen molar-refractivity contribution in [2.24, 2.45) is 5.10 Å². The van der Waals surface area contributed by atoms with Gasteiger partial charge in [0.25, 0.3) is 5.91 Å². The molecule has 0 unspecified atom stereocenters. The molecule has 0 aliphatic heterocycles. The van der Waals surface area contributed by atoms with Crippen molar-refractivity contribution < 1.29 is 4.79 Å². The van der Waals surface area contributed by atoms with Gasteiger partial charge in [-0.3, -0.25) is 4.79 Å². The van der Waals surface area contributed by atoms with Crippen LogP contribution in [0.15, 0.2) is 50.4 Å². The van der Waals surface area contributed by atoms with E-state index < -0.39 is 0 Å². The third kappa shape index (κ3) is 5.34. The van der Waals surface area contributed by atoms with Crippen LogP contribution in [0.1, 0.15) is 11.1 Å². The first-order valence-electron chi connectivity index (χ1n) is 6.73. The molecule has 7 heteroatoms. The summed E-state index contributed by atoms with van der Waals surface area (Å²) in [4.78, 5) is 11.8. The van der Waals surface area contributed by atoms with E-state index in [1.807, 2.05) is 37.3 Å². The van der Waals surface area contributed by atoms with Crippen molar-refractivity contribution >= 4 is 61.3 Å². The topological polar surface area (TPSA) is 53.5 Å². The van der Waals surface area contributed by atoms with Crippen molar-refractivity contribution in [3.05, 3.63) is 61.5 Å². The third-order valence-corrected chi connectivity index (χ3v) is 5.02. The number of halogens is 3. The van der Waals surface area contributed by atoms with Crippen LogP contribution in [0.2, 0.25) is 5.02 Å². The van der Waals surface area contributed by atoms with Gasteiger partial charge >= 0.3 is 0 Å². The number of hydrogen-bond donors (Lipinski definition) is 2. The Morgan fingerprint density at radius 3 is 2.57 bits per heavy atom. The molecule has 0 aliphatic carbocycles. The van der Waals surface area contributed by atoms with E-state index >= 15 is 0 Å². The standard InChI is InChI=1S/C16H14Br2ClN3O/c1-10-13(17)6-12(7-14(10)18)20-9-16(23)22-21-8-11-4-2-3-5-15(11)19/h2-8,20H,9H2,1H3,(H,22,23)/b21-8+. The minimum atomic E-state index is -0.249. The van der Waals surface area contributed by atoms with Gasteiger partial charge in [-0.2, -0.15) is 5.10 Å². The Kier molecular flexibility index (Phi) is 6.62. The minimum Gasteiger partial charge on any atom is -0.376 e. The van der Waals surface area contributed by atoms with Gasteiger partial charge in [-0.25, -0.2) is 5.43 Å². The summed E-state index contributed by atoms with van der Waals surface area (Å²) in [7, 11) is 0. The molecule has 0 bridgehead atoms. The first-order valence-corrected chi connectivity index (χ1v) is 8.69. The second-order valence-electron chi connectivity index (χ2n) is 4.73. The Labute approximate surface area is 156 Å². The molecule has 0 radical (unpaired) electrons. The molecule has 0 spiro atoms. The highest BCUT2D eigenvalue weighted by Gasteiger charge is 2.05. The Hall–Kier alpha value is -1.37. The quantitative estimate of drug-likeness (QED) is 0.502. The summed E-state index contributed by atoms with van der Waals surface area (Å²) in [5, 5.41) is 7.52. The number of nitrogens with zero attached hydrogens (tertiary/aromatic N) is 1. The number of hydrogen-bond acceptors (Lipinski definition) is 3. The largest absolute Gasteiger partial charge is 0.376 e. The molecule has 23 heavy (non-hydrogen) atoms. The monoisotopic (exact) mass is 457 g/mol. The van der Waals surface area contributed by atoms with Gasteiger partial charge in [0.1, 0.15) is 0 Å². The second kappa shape index (κ2) is 8.47. The maximum absolute atomic E-state index is 11.8. The van der Waals surface area contributed by atoms with Crippen LogP contribution in [0, 0.1) is 6.92 Å². The number of carbonyl (C=O) groups excluding carboxylic acids is 1. The number of benzene rings is 2. The van der Waals surface area contributed by atoms with Crippen LogP contribution in [0.25, 0.3) is 0 Å². The average Bonchev–Trinajstić information content (AvgIpc) is 2.52. The lowest BCUT2D eigenvalue weighted by Crippen LogP contribution is -2.25. The van der Waals surface area contributed by atoms with Gasteiger partial charge < -0.3 is 5.32 Å². The summed E-state index contributed by atoms with van der Waals surface area (Å²) in [6.45, 7) is 2.11. The van der Waals surface area contributed by atoms with Gasteiger partial charge in [-0.15, -0.1) is 0 Å². The summed E-state index contributed by atoms with van der Waals surface area (Å²) in [6, 6.07) is 11.1. The van der Waals surface area contributed by atoms with Gasteiger partial charge in [0, 0.05) is 25.2 Å². The number of nitrogens with one attached hydrogen (secondary N) is 2. The molecule has 0 fully saturated rings. The molecule has 0 heterocycles. The fourth-order valence-electron chi connectivity index (χ4n) is 1.72. The van der Waals surface area contributed by atoms with E-state index in [0.29, 0.717) is 5.02 Å². The molecule has 1 amide bonds. The zero-order chi connectivity index (χ0) is 16.8. The highest BCUT2D eigenvalue weighted by atomic mass is 79.9. The number of hydrazone groups is 1. The Bertz CT molecular complexity index is 727. The number of carbonyl (C=O) groups is 1. The van der Waals surface area contributed by atoms with Crippen LogP contribution in [0.3, 0.4) is 0 Å². The van der Waals surface area contributed by atoms with Crippen LogP contribution in [0.5, 0.6) is 0 Å². The van der Waals surface area contributed by atoms with Gasteiger partial charge in [-0.1, -0.05) is 61.7 Å². The predicted molar refractivity (Wildman–Crippen MR) is 102 cm³/mol. The van der Waals surface area contributed by atoms with Crippen molar-refractivity contribution in [2.75, 3.05) is 11.9 Å². The summed E-state index contributed by atoms with van der Waals surface area (Å²) in [6.07, 6.45) is 1.51. The van der Waals surface area contributed by atoms with Gasteiger partial charge in [0.05, 0.1) is 12.8 Å². The lowest BCUT2D eigenvalue weighted by molar-refractivity contribution is -0.119. The van der Waals surface area contributed by atoms with E-state index in [-0.39, 0.29) is 12.5 Å². The van der Waals surface area contributed by atoms with Crippen LogP contribution < -0.4 is 10.7 Å². The van der Waals surface area contributed by atoms with Crippen molar-refractivity contribution in [1.82, 2.24) is 5.43 Å². The van der Waals surface area contributed by atoms with E-state index in [1.54, 1.807) is 6.07 Å². The predicted octanol–water partition coefficient (Wildman–Crippen LogP) is 4.74. The molecule has 0 aliphatic rings. The van der Waals surface area contributed by atoms with Crippen molar-refractivity contribution in [1.29, 1.82) is 0 Å². The highest BCUT2D eigenvalue weighted by Crippen LogP contribution is 2.28. The Morgan fingerprint density at radius 1 is 1.26 bits per heavy atom. The summed E-state index contributed by atoms with van der Waals surface area (Å²) < 4.78 is 1.93. The third-order valence-electron chi connectivity index (χ3n) is 3.03. The normalized spacial score (nSPS) is 10.8. The van der Waals surface area contributed by atoms with Crippen LogP contribution in [-0.4, -0.2) is 18.7 Å². The molecule has 2 aromatic rings. The number of amides is 1. The summed E-state index contributed by atoms with van der Waals surface area (Å²) in [5.74, 6) is -0.249. The number of rotatable bonds is 5. The second-order valence-corrected chi connectivity index (χ2v) is 6.85. The summed E-state index contributed by atoms with van der Waals surface area (Å²) >= 11 is 12.9. The highest BCUT2D eigenvalue weighted by molar-refractivity contribution is 9.11. The maximum Gasteiger partial charge on any atom is 0.259 e. The molecule has 0 saturated carbocycles. The average molecular weight is 460 g/mol. The van der Waals surface area contributed by atoms with Gasteiger partial charge in [0.15, 0.2) is 0 Å². The van der Waals surface area contributed by atoms with Crippen LogP contribution in [-0.2, 0) is 4.79 Å². The van der Waals surface area contributed by atoms with Crippen LogP contribution in [0.4, 0.5) is 5.69 Å². The lowest BCUT2D eigenvalue weighted by Gasteiger charge is -2.09. The van der Waals surface area contributed by atoms with Crippen molar-refractivity contribution in [2.45, 2.75) is 6.92 Å². The van der Waals surface area contributed by atoms with Gasteiger partial charge in [0.2, 0.25) is 0 Å². The van der Waals surface area contributed by atoms with E-state index in [2.05, 4.69) is 47.7 Å². The molecule has 2 N–H and O–H groups in total. The van der Waals surface area contributed by atoms with Crippen molar-refractivity contribution in [3.63, 3.8) is 0 Å². The Morgan fingerprint density at radius 2 is 1.91 bits per heavy atom. The first kappa shape index (κ1) is 18.0. The molecule has 2 aromatic carbocycles. The number of anilines is 1. The van der Waals surface area contributed by atoms with Crippen molar-refractivity contribution in [3.8, 4) is 0 Å². The molecular formula is C16H14Br2ClN3O.